The van der Waals surface area contributed by atoms with Gasteiger partial charge in [-0.25, -0.2) is 4.79 Å². The van der Waals surface area contributed by atoms with Gasteiger partial charge in [-0.3, -0.25) is 9.13 Å². The van der Waals surface area contributed by atoms with Gasteiger partial charge in [-0.1, -0.05) is 29.8 Å². The maximum absolute atomic E-state index is 12.5. The van der Waals surface area contributed by atoms with Crippen LogP contribution in [0.1, 0.15) is 12.5 Å². The first-order chi connectivity index (χ1) is 9.22. The Morgan fingerprint density at radius 2 is 1.58 bits per heavy atom. The summed E-state index contributed by atoms with van der Waals surface area (Å²) in [4.78, 5) is 12.5. The standard InChI is InChI=1S/C16H16N2O/c1-3-17-14-6-4-5-7-15(14)18(16(17)19)13-10-8-12(2)9-11-13/h4-11H,3H2,1-2H3. The van der Waals surface area contributed by atoms with Crippen molar-refractivity contribution in [3.63, 3.8) is 0 Å². The van der Waals surface area contributed by atoms with Crippen LogP contribution in [0.4, 0.5) is 0 Å². The normalized spacial score (nSPS) is 11.1. The molecule has 0 spiro atoms. The van der Waals surface area contributed by atoms with Crippen molar-refractivity contribution in [1.82, 2.24) is 9.13 Å². The van der Waals surface area contributed by atoms with Crippen molar-refractivity contribution in [2.75, 3.05) is 0 Å². The summed E-state index contributed by atoms with van der Waals surface area (Å²) in [6.45, 7) is 4.72. The third kappa shape index (κ3) is 1.78. The zero-order valence-corrected chi connectivity index (χ0v) is 11.1. The van der Waals surface area contributed by atoms with Crippen molar-refractivity contribution >= 4 is 11.0 Å². The predicted molar refractivity (Wildman–Crippen MR) is 77.9 cm³/mol. The van der Waals surface area contributed by atoms with Gasteiger partial charge in [0.15, 0.2) is 0 Å². The van der Waals surface area contributed by atoms with Crippen molar-refractivity contribution in [2.45, 2.75) is 20.4 Å². The van der Waals surface area contributed by atoms with Gasteiger partial charge in [0.2, 0.25) is 0 Å². The minimum Gasteiger partial charge on any atom is -0.292 e. The van der Waals surface area contributed by atoms with E-state index in [2.05, 4.69) is 0 Å². The van der Waals surface area contributed by atoms with Crippen molar-refractivity contribution in [1.29, 1.82) is 0 Å². The second kappa shape index (κ2) is 4.43. The molecule has 0 atom stereocenters. The van der Waals surface area contributed by atoms with E-state index < -0.39 is 0 Å². The first kappa shape index (κ1) is 11.8. The van der Waals surface area contributed by atoms with Crippen LogP contribution < -0.4 is 5.69 Å². The van der Waals surface area contributed by atoms with Crippen LogP contribution in [0.3, 0.4) is 0 Å². The zero-order valence-electron chi connectivity index (χ0n) is 11.1. The Labute approximate surface area is 111 Å². The Bertz CT molecular complexity index is 779. The predicted octanol–water partition coefficient (Wildman–Crippen LogP) is 3.12. The number of rotatable bonds is 2. The lowest BCUT2D eigenvalue weighted by Crippen LogP contribution is -2.22. The molecule has 0 radical (unpaired) electrons. The summed E-state index contributed by atoms with van der Waals surface area (Å²) in [6, 6.07) is 15.9. The van der Waals surface area contributed by atoms with E-state index in [1.54, 1.807) is 9.13 Å². The first-order valence-electron chi connectivity index (χ1n) is 6.49. The second-order valence-electron chi connectivity index (χ2n) is 4.69. The highest BCUT2D eigenvalue weighted by Crippen LogP contribution is 2.17. The molecule has 0 bridgehead atoms. The Balaban J connectivity index is 2.38. The number of benzene rings is 2. The van der Waals surface area contributed by atoms with E-state index in [0.717, 1.165) is 16.7 Å². The molecule has 0 aliphatic rings. The lowest BCUT2D eigenvalue weighted by Gasteiger charge is -2.03. The Morgan fingerprint density at radius 3 is 2.21 bits per heavy atom. The largest absolute Gasteiger partial charge is 0.333 e. The lowest BCUT2D eigenvalue weighted by molar-refractivity contribution is 0.734. The van der Waals surface area contributed by atoms with E-state index in [9.17, 15) is 4.79 Å². The fourth-order valence-electron chi connectivity index (χ4n) is 2.46. The minimum atomic E-state index is 0.0209. The lowest BCUT2D eigenvalue weighted by atomic mass is 10.2. The van der Waals surface area contributed by atoms with Gasteiger partial charge in [0.1, 0.15) is 0 Å². The van der Waals surface area contributed by atoms with Gasteiger partial charge in [-0.05, 0) is 38.1 Å². The van der Waals surface area contributed by atoms with Gasteiger partial charge in [-0.2, -0.15) is 0 Å². The maximum Gasteiger partial charge on any atom is 0.333 e. The Hall–Kier alpha value is -2.29. The molecular weight excluding hydrogens is 236 g/mol. The number of para-hydroxylation sites is 2. The molecule has 0 aliphatic carbocycles. The molecule has 3 heteroatoms. The van der Waals surface area contributed by atoms with Crippen LogP contribution in [-0.2, 0) is 6.54 Å². The number of aryl methyl sites for hydroxylation is 2. The summed E-state index contributed by atoms with van der Waals surface area (Å²) in [5.74, 6) is 0. The monoisotopic (exact) mass is 252 g/mol. The summed E-state index contributed by atoms with van der Waals surface area (Å²) in [7, 11) is 0. The average molecular weight is 252 g/mol. The number of imidazole rings is 1. The number of nitrogens with zero attached hydrogens (tertiary/aromatic N) is 2. The molecule has 0 saturated carbocycles. The van der Waals surface area contributed by atoms with E-state index in [0.29, 0.717) is 6.54 Å². The number of aromatic nitrogens is 2. The molecular formula is C16H16N2O. The van der Waals surface area contributed by atoms with Crippen LogP contribution in [0.2, 0.25) is 0 Å². The summed E-state index contributed by atoms with van der Waals surface area (Å²) in [6.07, 6.45) is 0. The van der Waals surface area contributed by atoms with Gasteiger partial charge in [-0.15, -0.1) is 0 Å². The molecule has 0 fully saturated rings. The van der Waals surface area contributed by atoms with Gasteiger partial charge in [0, 0.05) is 6.54 Å². The molecule has 19 heavy (non-hydrogen) atoms. The molecule has 1 heterocycles. The summed E-state index contributed by atoms with van der Waals surface area (Å²) < 4.78 is 3.58. The second-order valence-corrected chi connectivity index (χ2v) is 4.69. The minimum absolute atomic E-state index is 0.0209. The van der Waals surface area contributed by atoms with Crippen molar-refractivity contribution in [2.24, 2.45) is 0 Å². The molecule has 3 nitrogen and oxygen atoms in total. The highest BCUT2D eigenvalue weighted by Gasteiger charge is 2.12. The molecule has 96 valence electrons. The Kier molecular flexibility index (Phi) is 2.75. The SMILES string of the molecule is CCn1c(=O)n(-c2ccc(C)cc2)c2ccccc21. The van der Waals surface area contributed by atoms with Crippen LogP contribution in [-0.4, -0.2) is 9.13 Å². The van der Waals surface area contributed by atoms with Gasteiger partial charge in [0.05, 0.1) is 16.7 Å². The molecule has 3 aromatic rings. The fourth-order valence-corrected chi connectivity index (χ4v) is 2.46. The Morgan fingerprint density at radius 1 is 0.947 bits per heavy atom. The van der Waals surface area contributed by atoms with Crippen molar-refractivity contribution < 1.29 is 0 Å². The van der Waals surface area contributed by atoms with Gasteiger partial charge >= 0.3 is 5.69 Å². The summed E-state index contributed by atoms with van der Waals surface area (Å²) >= 11 is 0. The third-order valence-electron chi connectivity index (χ3n) is 3.44. The highest BCUT2D eigenvalue weighted by molar-refractivity contribution is 5.78. The number of fused-ring (bicyclic) bond motifs is 1. The maximum atomic E-state index is 12.5. The first-order valence-corrected chi connectivity index (χ1v) is 6.49. The average Bonchev–Trinajstić information content (AvgIpc) is 2.71. The zero-order chi connectivity index (χ0) is 13.4. The van der Waals surface area contributed by atoms with Crippen molar-refractivity contribution in [3.05, 3.63) is 64.6 Å². The third-order valence-corrected chi connectivity index (χ3v) is 3.44. The van der Waals surface area contributed by atoms with E-state index in [-0.39, 0.29) is 5.69 Å². The molecule has 3 rings (SSSR count). The van der Waals surface area contributed by atoms with Crippen LogP contribution >= 0.6 is 0 Å². The molecule has 0 unspecified atom stereocenters. The molecule has 0 aliphatic heterocycles. The van der Waals surface area contributed by atoms with E-state index >= 15 is 0 Å². The molecule has 1 aromatic heterocycles. The topological polar surface area (TPSA) is 26.9 Å². The smallest absolute Gasteiger partial charge is 0.292 e. The van der Waals surface area contributed by atoms with Crippen LogP contribution in [0.15, 0.2) is 53.3 Å². The van der Waals surface area contributed by atoms with E-state index in [4.69, 9.17) is 0 Å². The van der Waals surface area contributed by atoms with Crippen molar-refractivity contribution in [3.8, 4) is 5.69 Å². The summed E-state index contributed by atoms with van der Waals surface area (Å²) in [5.41, 5.74) is 4.07. The van der Waals surface area contributed by atoms with E-state index in [1.165, 1.54) is 5.56 Å². The molecule has 0 saturated heterocycles. The van der Waals surface area contributed by atoms with Crippen LogP contribution in [0, 0.1) is 6.92 Å². The summed E-state index contributed by atoms with van der Waals surface area (Å²) in [5, 5.41) is 0. The number of hydrogen-bond donors (Lipinski definition) is 0. The fraction of sp³-hybridized carbons (Fsp3) is 0.188. The molecule has 0 amide bonds. The number of hydrogen-bond acceptors (Lipinski definition) is 1. The van der Waals surface area contributed by atoms with E-state index in [1.807, 2.05) is 62.4 Å². The molecule has 2 aromatic carbocycles. The quantitative estimate of drug-likeness (QED) is 0.688. The highest BCUT2D eigenvalue weighted by atomic mass is 16.1. The van der Waals surface area contributed by atoms with Gasteiger partial charge in [0.25, 0.3) is 0 Å². The van der Waals surface area contributed by atoms with Crippen LogP contribution in [0.25, 0.3) is 16.7 Å². The molecule has 0 N–H and O–H groups in total. The van der Waals surface area contributed by atoms with Gasteiger partial charge < -0.3 is 0 Å². The van der Waals surface area contributed by atoms with Crippen LogP contribution in [0.5, 0.6) is 0 Å².